The molecule has 45 heavy (non-hydrogen) atoms. The number of pyridine rings is 2. The molecule has 0 saturated carbocycles. The summed E-state index contributed by atoms with van der Waals surface area (Å²) in [7, 11) is 1.38. The van der Waals surface area contributed by atoms with Crippen molar-refractivity contribution in [2.24, 2.45) is 0 Å². The van der Waals surface area contributed by atoms with Crippen molar-refractivity contribution >= 4 is 57.4 Å². The number of ether oxygens (including phenoxy) is 1. The van der Waals surface area contributed by atoms with E-state index in [1.807, 2.05) is 42.5 Å². The smallest absolute Gasteiger partial charge is 0.306 e. The van der Waals surface area contributed by atoms with E-state index in [-0.39, 0.29) is 12.4 Å². The van der Waals surface area contributed by atoms with Gasteiger partial charge in [-0.05, 0) is 78.1 Å². The SMILES string of the molecule is COC(=O)CCNCc1cc(Cl)c2oc(-c3cccc(-c4cccc(Nc5nccc6cc(C=O)cnc56)c4C)c3C)nc2c1. The summed E-state index contributed by atoms with van der Waals surface area (Å²) >= 11 is 6.60. The summed E-state index contributed by atoms with van der Waals surface area (Å²) in [6.07, 6.45) is 4.32. The van der Waals surface area contributed by atoms with Gasteiger partial charge in [-0.25, -0.2) is 9.97 Å². The largest absolute Gasteiger partial charge is 0.469 e. The van der Waals surface area contributed by atoms with Crippen LogP contribution in [0.15, 0.2) is 77.5 Å². The second-order valence-corrected chi connectivity index (χ2v) is 11.1. The fraction of sp³-hybridized carbons (Fsp3) is 0.171. The van der Waals surface area contributed by atoms with Crippen LogP contribution in [-0.2, 0) is 16.1 Å². The number of esters is 1. The molecule has 0 spiro atoms. The molecule has 0 saturated heterocycles. The van der Waals surface area contributed by atoms with Crippen LogP contribution < -0.4 is 10.6 Å². The lowest BCUT2D eigenvalue weighted by Crippen LogP contribution is -2.18. The number of anilines is 2. The van der Waals surface area contributed by atoms with Crippen molar-refractivity contribution in [1.29, 1.82) is 0 Å². The Labute approximate surface area is 264 Å². The zero-order valence-electron chi connectivity index (χ0n) is 25.0. The Hall–Kier alpha value is -5.12. The van der Waals surface area contributed by atoms with E-state index in [2.05, 4.69) is 51.3 Å². The molecule has 9 nitrogen and oxygen atoms in total. The van der Waals surface area contributed by atoms with Gasteiger partial charge in [0.25, 0.3) is 0 Å². The summed E-state index contributed by atoms with van der Waals surface area (Å²) in [5, 5.41) is 7.98. The van der Waals surface area contributed by atoms with Crippen LogP contribution in [0, 0.1) is 13.8 Å². The van der Waals surface area contributed by atoms with Crippen LogP contribution in [0.4, 0.5) is 11.5 Å². The first-order chi connectivity index (χ1) is 21.9. The number of nitrogens with one attached hydrogen (secondary N) is 2. The second-order valence-electron chi connectivity index (χ2n) is 10.6. The minimum Gasteiger partial charge on any atom is -0.469 e. The number of fused-ring (bicyclic) bond motifs is 2. The van der Waals surface area contributed by atoms with E-state index in [1.165, 1.54) is 7.11 Å². The van der Waals surface area contributed by atoms with Crippen molar-refractivity contribution in [3.8, 4) is 22.6 Å². The number of nitrogens with zero attached hydrogens (tertiary/aromatic N) is 3. The third-order valence-corrected chi connectivity index (χ3v) is 8.05. The Kier molecular flexibility index (Phi) is 8.55. The predicted octanol–water partition coefficient (Wildman–Crippen LogP) is 7.58. The first-order valence-corrected chi connectivity index (χ1v) is 14.8. The van der Waals surface area contributed by atoms with Gasteiger partial charge in [0.05, 0.1) is 18.6 Å². The van der Waals surface area contributed by atoms with Gasteiger partial charge in [-0.1, -0.05) is 35.9 Å². The van der Waals surface area contributed by atoms with E-state index in [4.69, 9.17) is 21.0 Å². The summed E-state index contributed by atoms with van der Waals surface area (Å²) in [4.78, 5) is 36.4. The lowest BCUT2D eigenvalue weighted by molar-refractivity contribution is -0.140. The van der Waals surface area contributed by atoms with Gasteiger partial charge in [0.2, 0.25) is 5.89 Å². The lowest BCUT2D eigenvalue weighted by Gasteiger charge is -2.16. The summed E-state index contributed by atoms with van der Waals surface area (Å²) in [5.74, 6) is 0.828. The summed E-state index contributed by atoms with van der Waals surface area (Å²) in [6, 6.07) is 19.6. The molecule has 6 aromatic rings. The van der Waals surface area contributed by atoms with E-state index in [9.17, 15) is 9.59 Å². The predicted molar refractivity (Wildman–Crippen MR) is 176 cm³/mol. The highest BCUT2D eigenvalue weighted by atomic mass is 35.5. The van der Waals surface area contributed by atoms with Crippen molar-refractivity contribution in [3.63, 3.8) is 0 Å². The van der Waals surface area contributed by atoms with Crippen LogP contribution in [0.3, 0.4) is 0 Å². The minimum atomic E-state index is -0.262. The molecule has 0 aliphatic carbocycles. The molecule has 6 rings (SSSR count). The molecule has 0 radical (unpaired) electrons. The number of carbonyl (C=O) groups excluding carboxylic acids is 2. The number of hydrogen-bond acceptors (Lipinski definition) is 9. The fourth-order valence-electron chi connectivity index (χ4n) is 5.37. The van der Waals surface area contributed by atoms with E-state index in [0.717, 1.165) is 50.7 Å². The molecule has 0 amide bonds. The normalized spacial score (nSPS) is 11.2. The van der Waals surface area contributed by atoms with Gasteiger partial charge in [0.1, 0.15) is 11.0 Å². The van der Waals surface area contributed by atoms with Crippen molar-refractivity contribution in [2.45, 2.75) is 26.8 Å². The van der Waals surface area contributed by atoms with Crippen molar-refractivity contribution in [3.05, 3.63) is 100 Å². The molecule has 0 bridgehead atoms. The Balaban J connectivity index is 1.30. The first-order valence-electron chi connectivity index (χ1n) is 14.4. The van der Waals surface area contributed by atoms with Gasteiger partial charge in [0, 0.05) is 47.7 Å². The third-order valence-electron chi connectivity index (χ3n) is 7.76. The average molecular weight is 620 g/mol. The van der Waals surface area contributed by atoms with E-state index < -0.39 is 0 Å². The molecule has 2 N–H and O–H groups in total. The molecule has 0 unspecified atom stereocenters. The highest BCUT2D eigenvalue weighted by Gasteiger charge is 2.18. The monoisotopic (exact) mass is 619 g/mol. The van der Waals surface area contributed by atoms with Crippen LogP contribution in [0.5, 0.6) is 0 Å². The molecule has 3 heterocycles. The highest BCUT2D eigenvalue weighted by Crippen LogP contribution is 2.38. The zero-order valence-corrected chi connectivity index (χ0v) is 25.7. The first kappa shape index (κ1) is 29.9. The van der Waals surface area contributed by atoms with Gasteiger partial charge in [-0.2, -0.15) is 0 Å². The number of aromatic nitrogens is 3. The maximum atomic E-state index is 11.4. The Morgan fingerprint density at radius 1 is 1.00 bits per heavy atom. The number of oxazole rings is 1. The van der Waals surface area contributed by atoms with Crippen LogP contribution in [0.1, 0.15) is 33.5 Å². The second kappa shape index (κ2) is 12.9. The average Bonchev–Trinajstić information content (AvgIpc) is 3.48. The summed E-state index contributed by atoms with van der Waals surface area (Å²) in [6.45, 7) is 5.13. The van der Waals surface area contributed by atoms with Crippen molar-refractivity contribution in [1.82, 2.24) is 20.3 Å². The van der Waals surface area contributed by atoms with Gasteiger partial charge in [-0.3, -0.25) is 14.6 Å². The highest BCUT2D eigenvalue weighted by molar-refractivity contribution is 6.34. The fourth-order valence-corrected chi connectivity index (χ4v) is 5.65. The molecule has 0 fully saturated rings. The number of aldehydes is 1. The number of hydrogen-bond donors (Lipinski definition) is 2. The molecular formula is C35H30ClN5O4. The number of rotatable bonds is 10. The van der Waals surface area contributed by atoms with E-state index in [1.54, 1.807) is 18.5 Å². The van der Waals surface area contributed by atoms with Crippen LogP contribution >= 0.6 is 11.6 Å². The van der Waals surface area contributed by atoms with Gasteiger partial charge in [-0.15, -0.1) is 0 Å². The van der Waals surface area contributed by atoms with Crippen molar-refractivity contribution in [2.75, 3.05) is 19.0 Å². The Morgan fingerprint density at radius 3 is 2.58 bits per heavy atom. The topological polar surface area (TPSA) is 119 Å². The Morgan fingerprint density at radius 2 is 1.78 bits per heavy atom. The van der Waals surface area contributed by atoms with Crippen molar-refractivity contribution < 1.29 is 18.7 Å². The van der Waals surface area contributed by atoms with Crippen LogP contribution in [-0.4, -0.2) is 40.9 Å². The minimum absolute atomic E-state index is 0.262. The standard InChI is InChI=1S/C35H30ClN5O4/c1-20-25(26-7-5-9-29(21(26)2)40-34-32-24(10-13-38-34)14-23(19-42)18-39-32)6-4-8-27(20)35-41-30-16-22(15-28(36)33(30)45-35)17-37-12-11-31(43)44-3/h4-10,13-16,18-19,37H,11-12,17H2,1-3H3,(H,38,40). The van der Waals surface area contributed by atoms with Gasteiger partial charge >= 0.3 is 5.97 Å². The van der Waals surface area contributed by atoms with E-state index >= 15 is 0 Å². The quantitative estimate of drug-likeness (QED) is 0.0908. The number of carbonyl (C=O) groups is 2. The number of benzene rings is 3. The Bertz CT molecular complexity index is 2070. The maximum absolute atomic E-state index is 11.4. The summed E-state index contributed by atoms with van der Waals surface area (Å²) in [5.41, 5.74) is 9.19. The number of halogens is 1. The molecule has 226 valence electrons. The maximum Gasteiger partial charge on any atom is 0.306 e. The third kappa shape index (κ3) is 6.13. The molecule has 0 aliphatic rings. The molecule has 3 aromatic heterocycles. The van der Waals surface area contributed by atoms with Gasteiger partial charge in [0.15, 0.2) is 17.7 Å². The van der Waals surface area contributed by atoms with Gasteiger partial charge < -0.3 is 19.8 Å². The van der Waals surface area contributed by atoms with E-state index in [0.29, 0.717) is 52.0 Å². The van der Waals surface area contributed by atoms with Crippen LogP contribution in [0.25, 0.3) is 44.6 Å². The molecule has 0 aliphatic heterocycles. The number of methoxy groups -OCH3 is 1. The molecule has 0 atom stereocenters. The molecule has 3 aromatic carbocycles. The lowest BCUT2D eigenvalue weighted by atomic mass is 9.93. The molecule has 10 heteroatoms. The zero-order chi connectivity index (χ0) is 31.5. The molecular weight excluding hydrogens is 590 g/mol. The summed E-state index contributed by atoms with van der Waals surface area (Å²) < 4.78 is 10.9. The van der Waals surface area contributed by atoms with Crippen LogP contribution in [0.2, 0.25) is 5.02 Å².